The fraction of sp³-hybridized carbons (Fsp3) is 1.00. The Morgan fingerprint density at radius 3 is 1.88 bits per heavy atom. The lowest BCUT2D eigenvalue weighted by Crippen LogP contribution is -2.41. The van der Waals surface area contributed by atoms with Gasteiger partial charge in [0.25, 0.3) is 5.92 Å². The zero-order valence-electron chi connectivity index (χ0n) is 10.9. The van der Waals surface area contributed by atoms with Gasteiger partial charge in [0.05, 0.1) is 6.54 Å². The molecular formula is C13H25F2N. The standard InChI is InChI=1S/C13H25F2N/c1-12(2,3)10-5-7-11(8-6-10)16-9-13(4,14)15/h10-11,16H,5-9H2,1-4H3. The van der Waals surface area contributed by atoms with Crippen LogP contribution in [0.25, 0.3) is 0 Å². The predicted molar refractivity (Wildman–Crippen MR) is 63.8 cm³/mol. The van der Waals surface area contributed by atoms with E-state index in [2.05, 4.69) is 26.1 Å². The summed E-state index contributed by atoms with van der Waals surface area (Å²) in [6.45, 7) is 7.60. The van der Waals surface area contributed by atoms with Crippen molar-refractivity contribution < 1.29 is 8.78 Å². The van der Waals surface area contributed by atoms with Crippen LogP contribution in [0.15, 0.2) is 0 Å². The first-order valence-electron chi connectivity index (χ1n) is 6.30. The monoisotopic (exact) mass is 233 g/mol. The number of halogens is 2. The molecule has 0 aromatic carbocycles. The first kappa shape index (κ1) is 13.9. The van der Waals surface area contributed by atoms with E-state index < -0.39 is 5.92 Å². The molecule has 1 saturated carbocycles. The molecule has 0 radical (unpaired) electrons. The first-order chi connectivity index (χ1) is 7.18. The Balaban J connectivity index is 2.28. The summed E-state index contributed by atoms with van der Waals surface area (Å²) in [6, 6.07) is 0.296. The molecule has 0 amide bonds. The number of hydrogen-bond acceptors (Lipinski definition) is 1. The molecule has 0 spiro atoms. The average Bonchev–Trinajstić information content (AvgIpc) is 2.13. The molecule has 0 atom stereocenters. The summed E-state index contributed by atoms with van der Waals surface area (Å²) in [4.78, 5) is 0. The van der Waals surface area contributed by atoms with Crippen LogP contribution >= 0.6 is 0 Å². The smallest absolute Gasteiger partial charge is 0.257 e. The molecule has 0 aliphatic heterocycles. The molecule has 3 heteroatoms. The largest absolute Gasteiger partial charge is 0.308 e. The normalized spacial score (nSPS) is 28.1. The lowest BCUT2D eigenvalue weighted by molar-refractivity contribution is 0.0169. The minimum atomic E-state index is -2.58. The fourth-order valence-electron chi connectivity index (χ4n) is 2.49. The average molecular weight is 233 g/mol. The third-order valence-corrected chi connectivity index (χ3v) is 3.65. The van der Waals surface area contributed by atoms with E-state index in [1.807, 2.05) is 0 Å². The Morgan fingerprint density at radius 1 is 1.00 bits per heavy atom. The lowest BCUT2D eigenvalue weighted by atomic mass is 9.71. The molecule has 0 aromatic heterocycles. The van der Waals surface area contributed by atoms with Gasteiger partial charge in [-0.05, 0) is 37.0 Å². The lowest BCUT2D eigenvalue weighted by Gasteiger charge is -2.37. The van der Waals surface area contributed by atoms with E-state index in [4.69, 9.17) is 0 Å². The number of rotatable bonds is 3. The minimum absolute atomic E-state index is 0.183. The van der Waals surface area contributed by atoms with Gasteiger partial charge in [0.15, 0.2) is 0 Å². The van der Waals surface area contributed by atoms with E-state index in [1.54, 1.807) is 0 Å². The van der Waals surface area contributed by atoms with Crippen LogP contribution in [0.5, 0.6) is 0 Å². The van der Waals surface area contributed by atoms with Crippen LogP contribution in [0, 0.1) is 11.3 Å². The maximum absolute atomic E-state index is 12.7. The van der Waals surface area contributed by atoms with E-state index in [-0.39, 0.29) is 6.54 Å². The topological polar surface area (TPSA) is 12.0 Å². The van der Waals surface area contributed by atoms with Crippen LogP contribution in [0.4, 0.5) is 8.78 Å². The molecule has 0 bridgehead atoms. The summed E-state index contributed by atoms with van der Waals surface area (Å²) < 4.78 is 25.4. The SMILES string of the molecule is CC(F)(F)CNC1CCC(C(C)(C)C)CC1. The third kappa shape index (κ3) is 4.77. The Labute approximate surface area is 98.0 Å². The van der Waals surface area contributed by atoms with Gasteiger partial charge in [0, 0.05) is 13.0 Å². The van der Waals surface area contributed by atoms with Crippen LogP contribution in [-0.4, -0.2) is 18.5 Å². The minimum Gasteiger partial charge on any atom is -0.308 e. The van der Waals surface area contributed by atoms with Crippen molar-refractivity contribution in [3.8, 4) is 0 Å². The Hall–Kier alpha value is -0.180. The Bertz CT molecular complexity index is 207. The van der Waals surface area contributed by atoms with Crippen molar-refractivity contribution in [1.82, 2.24) is 5.32 Å². The quantitative estimate of drug-likeness (QED) is 0.781. The molecule has 16 heavy (non-hydrogen) atoms. The maximum atomic E-state index is 12.7. The van der Waals surface area contributed by atoms with Gasteiger partial charge in [0.2, 0.25) is 0 Å². The molecule has 0 unspecified atom stereocenters. The summed E-state index contributed by atoms with van der Waals surface area (Å²) in [5.74, 6) is -1.84. The Morgan fingerprint density at radius 2 is 1.50 bits per heavy atom. The van der Waals surface area contributed by atoms with Crippen molar-refractivity contribution in [1.29, 1.82) is 0 Å². The van der Waals surface area contributed by atoms with E-state index in [1.165, 1.54) is 0 Å². The van der Waals surface area contributed by atoms with Crippen molar-refractivity contribution >= 4 is 0 Å². The molecule has 96 valence electrons. The number of alkyl halides is 2. The predicted octanol–water partition coefficient (Wildman–Crippen LogP) is 3.84. The van der Waals surface area contributed by atoms with Gasteiger partial charge in [-0.1, -0.05) is 20.8 Å². The summed E-state index contributed by atoms with van der Waals surface area (Å²) in [5.41, 5.74) is 0.361. The van der Waals surface area contributed by atoms with Gasteiger partial charge in [-0.25, -0.2) is 8.78 Å². The van der Waals surface area contributed by atoms with E-state index in [0.717, 1.165) is 38.5 Å². The molecule has 0 heterocycles. The molecule has 1 fully saturated rings. The van der Waals surface area contributed by atoms with Gasteiger partial charge in [-0.2, -0.15) is 0 Å². The van der Waals surface area contributed by atoms with Gasteiger partial charge >= 0.3 is 0 Å². The molecule has 1 rings (SSSR count). The van der Waals surface area contributed by atoms with Crippen LogP contribution < -0.4 is 5.32 Å². The highest BCUT2D eigenvalue weighted by Gasteiger charge is 2.30. The summed E-state index contributed by atoms with van der Waals surface area (Å²) >= 11 is 0. The second-order valence-corrected chi connectivity index (χ2v) is 6.37. The second kappa shape index (κ2) is 4.99. The fourth-order valence-corrected chi connectivity index (χ4v) is 2.49. The van der Waals surface area contributed by atoms with Gasteiger partial charge < -0.3 is 5.32 Å². The molecular weight excluding hydrogens is 208 g/mol. The summed E-state index contributed by atoms with van der Waals surface area (Å²) in [5, 5.41) is 2.98. The van der Waals surface area contributed by atoms with Gasteiger partial charge in [-0.3, -0.25) is 0 Å². The highest BCUT2D eigenvalue weighted by atomic mass is 19.3. The van der Waals surface area contributed by atoms with E-state index in [9.17, 15) is 8.78 Å². The second-order valence-electron chi connectivity index (χ2n) is 6.37. The Kier molecular flexibility index (Phi) is 4.33. The van der Waals surface area contributed by atoms with Crippen LogP contribution in [0.3, 0.4) is 0 Å². The van der Waals surface area contributed by atoms with Crippen LogP contribution in [0.1, 0.15) is 53.4 Å². The molecule has 0 saturated heterocycles. The highest BCUT2D eigenvalue weighted by molar-refractivity contribution is 4.83. The van der Waals surface area contributed by atoms with E-state index in [0.29, 0.717) is 11.5 Å². The van der Waals surface area contributed by atoms with Crippen LogP contribution in [-0.2, 0) is 0 Å². The molecule has 1 N–H and O–H groups in total. The van der Waals surface area contributed by atoms with Crippen LogP contribution in [0.2, 0.25) is 0 Å². The van der Waals surface area contributed by atoms with E-state index >= 15 is 0 Å². The summed E-state index contributed by atoms with van der Waals surface area (Å²) in [7, 11) is 0. The maximum Gasteiger partial charge on any atom is 0.257 e. The molecule has 0 aromatic rings. The van der Waals surface area contributed by atoms with Crippen molar-refractivity contribution in [2.75, 3.05) is 6.54 Å². The third-order valence-electron chi connectivity index (χ3n) is 3.65. The summed E-state index contributed by atoms with van der Waals surface area (Å²) in [6.07, 6.45) is 4.41. The van der Waals surface area contributed by atoms with Crippen molar-refractivity contribution in [2.45, 2.75) is 65.3 Å². The molecule has 1 nitrogen and oxygen atoms in total. The molecule has 1 aliphatic carbocycles. The zero-order valence-corrected chi connectivity index (χ0v) is 10.9. The first-order valence-corrected chi connectivity index (χ1v) is 6.30. The highest BCUT2D eigenvalue weighted by Crippen LogP contribution is 2.37. The van der Waals surface area contributed by atoms with Crippen molar-refractivity contribution in [3.05, 3.63) is 0 Å². The molecule has 1 aliphatic rings. The number of hydrogen-bond donors (Lipinski definition) is 1. The zero-order chi connectivity index (χ0) is 12.4. The number of nitrogens with one attached hydrogen (secondary N) is 1. The van der Waals surface area contributed by atoms with Crippen molar-refractivity contribution in [3.63, 3.8) is 0 Å². The van der Waals surface area contributed by atoms with Gasteiger partial charge in [0.1, 0.15) is 0 Å². The van der Waals surface area contributed by atoms with Crippen molar-refractivity contribution in [2.24, 2.45) is 11.3 Å². The van der Waals surface area contributed by atoms with Gasteiger partial charge in [-0.15, -0.1) is 0 Å².